The lowest BCUT2D eigenvalue weighted by atomic mass is 9.82. The average Bonchev–Trinajstić information content (AvgIpc) is 2.88. The van der Waals surface area contributed by atoms with Crippen molar-refractivity contribution in [2.75, 3.05) is 19.7 Å². The molecule has 2 rings (SSSR count). The number of hydroxylamine groups is 1. The fourth-order valence-corrected chi connectivity index (χ4v) is 4.24. The highest BCUT2D eigenvalue weighted by Crippen LogP contribution is 2.26. The number of ether oxygens (including phenoxy) is 1. The van der Waals surface area contributed by atoms with Crippen LogP contribution in [0.2, 0.25) is 0 Å². The first-order chi connectivity index (χ1) is 17.7. The van der Waals surface area contributed by atoms with Crippen LogP contribution in [0, 0.1) is 23.7 Å². The molecule has 1 aromatic carbocycles. The highest BCUT2D eigenvalue weighted by atomic mass is 16.8. The summed E-state index contributed by atoms with van der Waals surface area (Å²) in [6.45, 7) is 8.58. The minimum absolute atomic E-state index is 0.121. The molecule has 9 nitrogen and oxygen atoms in total. The fraction of sp³-hybridized carbons (Fsp3) is 0.607. The van der Waals surface area contributed by atoms with Gasteiger partial charge in [-0.15, -0.1) is 0 Å². The number of rotatable bonds is 13. The minimum Gasteiger partial charge on any atom is -0.350 e. The van der Waals surface area contributed by atoms with Gasteiger partial charge in [-0.05, 0) is 43.1 Å². The summed E-state index contributed by atoms with van der Waals surface area (Å²) >= 11 is 0. The van der Waals surface area contributed by atoms with Gasteiger partial charge in [-0.3, -0.25) is 24.8 Å². The van der Waals surface area contributed by atoms with Gasteiger partial charge in [0.05, 0.1) is 18.4 Å². The molecule has 0 aliphatic carbocycles. The molecule has 0 saturated carbocycles. The van der Waals surface area contributed by atoms with Gasteiger partial charge in [-0.1, -0.05) is 70.2 Å². The quantitative estimate of drug-likeness (QED) is 0.345. The molecule has 1 aliphatic rings. The number of allylic oxidation sites excluding steroid dienone is 1. The zero-order valence-electron chi connectivity index (χ0n) is 22.7. The van der Waals surface area contributed by atoms with Crippen LogP contribution in [0.1, 0.15) is 65.4 Å². The van der Waals surface area contributed by atoms with Crippen LogP contribution in [0.25, 0.3) is 6.08 Å². The summed E-state index contributed by atoms with van der Waals surface area (Å²) in [5, 5.41) is 1.27. The van der Waals surface area contributed by atoms with E-state index >= 15 is 0 Å². The molecule has 0 bridgehead atoms. The summed E-state index contributed by atoms with van der Waals surface area (Å²) in [5.41, 5.74) is 11.9. The second-order valence-electron chi connectivity index (χ2n) is 10.3. The SMILES string of the molecule is CC(C)C[C@@H](C(=O)NN(CC(C)C)C(=O)CN)[C@H](C/C=C/c1ccccc1)C(=O)NOC1CCCCO1. The Morgan fingerprint density at radius 2 is 1.81 bits per heavy atom. The van der Waals surface area contributed by atoms with E-state index in [0.717, 1.165) is 18.4 Å². The monoisotopic (exact) mass is 516 g/mol. The van der Waals surface area contributed by atoms with Gasteiger partial charge in [0.25, 0.3) is 5.91 Å². The Labute approximate surface area is 221 Å². The Kier molecular flexibility index (Phi) is 13.3. The highest BCUT2D eigenvalue weighted by Gasteiger charge is 2.35. The molecular weight excluding hydrogens is 472 g/mol. The van der Waals surface area contributed by atoms with Crippen molar-refractivity contribution in [3.63, 3.8) is 0 Å². The van der Waals surface area contributed by atoms with E-state index in [1.165, 1.54) is 5.01 Å². The first-order valence-electron chi connectivity index (χ1n) is 13.3. The van der Waals surface area contributed by atoms with Gasteiger partial charge in [-0.25, -0.2) is 10.3 Å². The second-order valence-corrected chi connectivity index (χ2v) is 10.3. The van der Waals surface area contributed by atoms with Crippen molar-refractivity contribution in [1.82, 2.24) is 15.9 Å². The van der Waals surface area contributed by atoms with Crippen LogP contribution >= 0.6 is 0 Å². The van der Waals surface area contributed by atoms with E-state index in [2.05, 4.69) is 10.9 Å². The van der Waals surface area contributed by atoms with Crippen molar-refractivity contribution in [2.45, 2.75) is 66.1 Å². The highest BCUT2D eigenvalue weighted by molar-refractivity contribution is 5.89. The van der Waals surface area contributed by atoms with Crippen LogP contribution in [0.3, 0.4) is 0 Å². The molecule has 4 N–H and O–H groups in total. The van der Waals surface area contributed by atoms with Gasteiger partial charge in [0.1, 0.15) is 0 Å². The van der Waals surface area contributed by atoms with Crippen molar-refractivity contribution in [3.8, 4) is 0 Å². The summed E-state index contributed by atoms with van der Waals surface area (Å²) in [6.07, 6.45) is 6.71. The van der Waals surface area contributed by atoms with Gasteiger partial charge >= 0.3 is 0 Å². The topological polar surface area (TPSA) is 123 Å². The Morgan fingerprint density at radius 1 is 1.08 bits per heavy atom. The Balaban J connectivity index is 2.25. The number of hydrogen-bond donors (Lipinski definition) is 3. The average molecular weight is 517 g/mol. The maximum Gasteiger partial charge on any atom is 0.254 e. The fourth-order valence-electron chi connectivity index (χ4n) is 4.24. The van der Waals surface area contributed by atoms with Crippen molar-refractivity contribution < 1.29 is 24.0 Å². The zero-order chi connectivity index (χ0) is 27.2. The molecule has 0 aromatic heterocycles. The molecule has 0 radical (unpaired) electrons. The van der Waals surface area contributed by atoms with E-state index in [9.17, 15) is 14.4 Å². The molecule has 1 heterocycles. The molecule has 1 unspecified atom stereocenters. The van der Waals surface area contributed by atoms with E-state index in [4.69, 9.17) is 15.3 Å². The van der Waals surface area contributed by atoms with Gasteiger partial charge in [0.2, 0.25) is 11.8 Å². The lowest BCUT2D eigenvalue weighted by Gasteiger charge is -2.31. The van der Waals surface area contributed by atoms with E-state index in [-0.39, 0.29) is 24.3 Å². The number of carbonyl (C=O) groups is 3. The molecule has 37 heavy (non-hydrogen) atoms. The van der Waals surface area contributed by atoms with Gasteiger partial charge in [-0.2, -0.15) is 0 Å². The molecular formula is C28H44N4O5. The number of nitrogens with zero attached hydrogens (tertiary/aromatic N) is 1. The summed E-state index contributed by atoms with van der Waals surface area (Å²) in [4.78, 5) is 44.9. The lowest BCUT2D eigenvalue weighted by Crippen LogP contribution is -2.53. The first kappa shape index (κ1) is 30.5. The molecule has 1 aromatic rings. The molecule has 1 fully saturated rings. The van der Waals surface area contributed by atoms with Crippen LogP contribution in [0.5, 0.6) is 0 Å². The third-order valence-electron chi connectivity index (χ3n) is 6.08. The molecule has 9 heteroatoms. The largest absolute Gasteiger partial charge is 0.350 e. The Bertz CT molecular complexity index is 869. The summed E-state index contributed by atoms with van der Waals surface area (Å²) in [6, 6.07) is 9.75. The summed E-state index contributed by atoms with van der Waals surface area (Å²) in [5.74, 6) is -2.33. The van der Waals surface area contributed by atoms with E-state index in [0.29, 0.717) is 32.4 Å². The van der Waals surface area contributed by atoms with Crippen molar-refractivity contribution in [2.24, 2.45) is 29.4 Å². The third kappa shape index (κ3) is 11.0. The predicted octanol–water partition coefficient (Wildman–Crippen LogP) is 3.42. The summed E-state index contributed by atoms with van der Waals surface area (Å²) < 4.78 is 5.56. The molecule has 1 aliphatic heterocycles. The summed E-state index contributed by atoms with van der Waals surface area (Å²) in [7, 11) is 0. The molecule has 206 valence electrons. The van der Waals surface area contributed by atoms with Gasteiger partial charge in [0, 0.05) is 19.6 Å². The number of nitrogens with two attached hydrogens (primary N) is 1. The molecule has 3 amide bonds. The minimum atomic E-state index is -0.722. The van der Waals surface area contributed by atoms with Crippen molar-refractivity contribution in [1.29, 1.82) is 0 Å². The Hall–Kier alpha value is -2.75. The number of hydrogen-bond acceptors (Lipinski definition) is 6. The first-order valence-corrected chi connectivity index (χ1v) is 13.3. The zero-order valence-corrected chi connectivity index (χ0v) is 22.7. The van der Waals surface area contributed by atoms with Crippen LogP contribution in [0.4, 0.5) is 0 Å². The van der Waals surface area contributed by atoms with Crippen LogP contribution in [-0.2, 0) is 24.0 Å². The maximum atomic E-state index is 13.6. The normalized spacial score (nSPS) is 17.5. The van der Waals surface area contributed by atoms with Crippen LogP contribution < -0.4 is 16.6 Å². The van der Waals surface area contributed by atoms with E-state index in [1.807, 2.05) is 70.2 Å². The third-order valence-corrected chi connectivity index (χ3v) is 6.08. The second kappa shape index (κ2) is 16.2. The number of hydrazine groups is 1. The number of carbonyl (C=O) groups excluding carboxylic acids is 3. The molecule has 1 saturated heterocycles. The molecule has 0 spiro atoms. The smallest absolute Gasteiger partial charge is 0.254 e. The predicted molar refractivity (Wildman–Crippen MR) is 143 cm³/mol. The van der Waals surface area contributed by atoms with Crippen LogP contribution in [0.15, 0.2) is 36.4 Å². The van der Waals surface area contributed by atoms with Crippen LogP contribution in [-0.4, -0.2) is 48.7 Å². The number of amides is 3. The van der Waals surface area contributed by atoms with Gasteiger partial charge < -0.3 is 10.5 Å². The van der Waals surface area contributed by atoms with Crippen molar-refractivity contribution in [3.05, 3.63) is 42.0 Å². The standard InChI is InChI=1S/C28H44N4O5/c1-20(2)17-24(27(34)30-32(19-21(3)4)25(33)18-29)23(14-10-13-22-11-6-5-7-12-22)28(35)31-37-26-15-8-9-16-36-26/h5-7,10-13,20-21,23-24,26H,8-9,14-19,29H2,1-4H3,(H,30,34)(H,31,35)/b13-10+/t23-,24+,26?/m0/s1. The van der Waals surface area contributed by atoms with E-state index in [1.54, 1.807) is 0 Å². The maximum absolute atomic E-state index is 13.6. The van der Waals surface area contributed by atoms with Crippen molar-refractivity contribution >= 4 is 23.8 Å². The number of nitrogens with one attached hydrogen (secondary N) is 2. The van der Waals surface area contributed by atoms with Gasteiger partial charge in [0.15, 0.2) is 6.29 Å². The van der Waals surface area contributed by atoms with E-state index < -0.39 is 29.9 Å². The Morgan fingerprint density at radius 3 is 2.41 bits per heavy atom. The molecule has 3 atom stereocenters. The number of benzene rings is 1. The lowest BCUT2D eigenvalue weighted by molar-refractivity contribution is -0.203.